The summed E-state index contributed by atoms with van der Waals surface area (Å²) in [6.45, 7) is 2.45. The highest BCUT2D eigenvalue weighted by atomic mass is 32.2. The van der Waals surface area contributed by atoms with Gasteiger partial charge in [-0.15, -0.1) is 0 Å². The third kappa shape index (κ3) is 3.73. The highest BCUT2D eigenvalue weighted by Gasteiger charge is 2.32. The number of hydrogen-bond donors (Lipinski definition) is 1. The SMILES string of the molecule is Cc1oc(C(=O)N(C)CCC(=O)O)cc1S(=O)(=O)N1CCCC1. The van der Waals surface area contributed by atoms with E-state index in [9.17, 15) is 18.0 Å². The van der Waals surface area contributed by atoms with Crippen molar-refractivity contribution in [2.75, 3.05) is 26.7 Å². The van der Waals surface area contributed by atoms with Crippen LogP contribution in [0.4, 0.5) is 0 Å². The molecule has 0 radical (unpaired) electrons. The summed E-state index contributed by atoms with van der Waals surface area (Å²) in [4.78, 5) is 23.9. The van der Waals surface area contributed by atoms with Crippen molar-refractivity contribution in [2.24, 2.45) is 0 Å². The molecule has 0 aliphatic carbocycles. The van der Waals surface area contributed by atoms with Crippen LogP contribution >= 0.6 is 0 Å². The molecule has 128 valence electrons. The third-order valence-electron chi connectivity index (χ3n) is 3.77. The van der Waals surface area contributed by atoms with Crippen molar-refractivity contribution in [3.8, 4) is 0 Å². The standard InChI is InChI=1S/C14H20N2O6S/c1-10-12(23(20,21)16-6-3-4-7-16)9-11(22-10)14(19)15(2)8-5-13(17)18/h9H,3-8H2,1-2H3,(H,17,18). The molecule has 1 fully saturated rings. The first-order valence-corrected chi connectivity index (χ1v) is 8.75. The van der Waals surface area contributed by atoms with Gasteiger partial charge in [0.1, 0.15) is 10.7 Å². The highest BCUT2D eigenvalue weighted by molar-refractivity contribution is 7.89. The van der Waals surface area contributed by atoms with E-state index < -0.39 is 21.9 Å². The summed E-state index contributed by atoms with van der Waals surface area (Å²) in [5, 5.41) is 8.64. The fourth-order valence-corrected chi connectivity index (χ4v) is 4.13. The Morgan fingerprint density at radius 3 is 2.52 bits per heavy atom. The number of rotatable bonds is 6. The van der Waals surface area contributed by atoms with Gasteiger partial charge in [-0.3, -0.25) is 9.59 Å². The number of aliphatic carboxylic acids is 1. The summed E-state index contributed by atoms with van der Waals surface area (Å²) in [5.41, 5.74) is 0. The number of carbonyl (C=O) groups excluding carboxylic acids is 1. The van der Waals surface area contributed by atoms with Gasteiger partial charge in [-0.25, -0.2) is 8.42 Å². The number of hydrogen-bond acceptors (Lipinski definition) is 5. The summed E-state index contributed by atoms with van der Waals surface area (Å²) >= 11 is 0. The van der Waals surface area contributed by atoms with E-state index in [1.54, 1.807) is 0 Å². The van der Waals surface area contributed by atoms with E-state index in [0.717, 1.165) is 12.8 Å². The van der Waals surface area contributed by atoms with E-state index in [1.807, 2.05) is 0 Å². The van der Waals surface area contributed by atoms with Gasteiger partial charge in [0.15, 0.2) is 5.76 Å². The molecular formula is C14H20N2O6S. The van der Waals surface area contributed by atoms with Gasteiger partial charge in [0.05, 0.1) is 6.42 Å². The lowest BCUT2D eigenvalue weighted by atomic mass is 10.3. The van der Waals surface area contributed by atoms with Crippen LogP contribution < -0.4 is 0 Å². The maximum Gasteiger partial charge on any atom is 0.305 e. The average Bonchev–Trinajstić information content (AvgIpc) is 3.13. The van der Waals surface area contributed by atoms with Gasteiger partial charge >= 0.3 is 5.97 Å². The smallest absolute Gasteiger partial charge is 0.305 e. The molecule has 8 nitrogen and oxygen atoms in total. The molecule has 23 heavy (non-hydrogen) atoms. The van der Waals surface area contributed by atoms with Crippen molar-refractivity contribution in [2.45, 2.75) is 31.1 Å². The molecule has 1 saturated heterocycles. The lowest BCUT2D eigenvalue weighted by Crippen LogP contribution is -2.29. The van der Waals surface area contributed by atoms with Gasteiger partial charge in [0.25, 0.3) is 5.91 Å². The number of amides is 1. The zero-order chi connectivity index (χ0) is 17.2. The van der Waals surface area contributed by atoms with Crippen LogP contribution in [0.3, 0.4) is 0 Å². The predicted molar refractivity (Wildman–Crippen MR) is 80.7 cm³/mol. The number of furan rings is 1. The Morgan fingerprint density at radius 2 is 1.96 bits per heavy atom. The minimum absolute atomic E-state index is 0.00520. The van der Waals surface area contributed by atoms with E-state index in [-0.39, 0.29) is 29.4 Å². The second-order valence-corrected chi connectivity index (χ2v) is 7.42. The quantitative estimate of drug-likeness (QED) is 0.822. The third-order valence-corrected chi connectivity index (χ3v) is 5.78. The molecule has 1 aliphatic rings. The van der Waals surface area contributed by atoms with Crippen LogP contribution in [-0.2, 0) is 14.8 Å². The summed E-state index contributed by atoms with van der Waals surface area (Å²) < 4.78 is 31.8. The first kappa shape index (κ1) is 17.5. The summed E-state index contributed by atoms with van der Waals surface area (Å²) in [5.74, 6) is -1.50. The molecular weight excluding hydrogens is 324 g/mol. The van der Waals surface area contributed by atoms with Gasteiger partial charge in [0, 0.05) is 32.7 Å². The summed E-state index contributed by atoms with van der Waals surface area (Å²) in [6.07, 6.45) is 1.44. The van der Waals surface area contributed by atoms with Crippen molar-refractivity contribution in [1.82, 2.24) is 9.21 Å². The Labute approximate surface area is 134 Å². The monoisotopic (exact) mass is 344 g/mol. The molecule has 0 spiro atoms. The van der Waals surface area contributed by atoms with Gasteiger partial charge in [0.2, 0.25) is 10.0 Å². The molecule has 0 saturated carbocycles. The fourth-order valence-electron chi connectivity index (χ4n) is 2.45. The molecule has 1 N–H and O–H groups in total. The minimum Gasteiger partial charge on any atom is -0.481 e. The Hall–Kier alpha value is -1.87. The zero-order valence-electron chi connectivity index (χ0n) is 13.1. The van der Waals surface area contributed by atoms with Crippen LogP contribution in [0.15, 0.2) is 15.4 Å². The largest absolute Gasteiger partial charge is 0.481 e. The van der Waals surface area contributed by atoms with Crippen LogP contribution in [0.5, 0.6) is 0 Å². The van der Waals surface area contributed by atoms with Crippen molar-refractivity contribution in [3.63, 3.8) is 0 Å². The molecule has 1 aromatic heterocycles. The first-order valence-electron chi connectivity index (χ1n) is 7.31. The van der Waals surface area contributed by atoms with Gasteiger partial charge in [-0.05, 0) is 19.8 Å². The van der Waals surface area contributed by atoms with E-state index in [2.05, 4.69) is 0 Å². The zero-order valence-corrected chi connectivity index (χ0v) is 13.9. The molecule has 1 aromatic rings. The molecule has 0 bridgehead atoms. The van der Waals surface area contributed by atoms with E-state index in [1.165, 1.54) is 29.2 Å². The lowest BCUT2D eigenvalue weighted by molar-refractivity contribution is -0.137. The normalized spacial score (nSPS) is 15.7. The van der Waals surface area contributed by atoms with Gasteiger partial charge in [-0.2, -0.15) is 4.31 Å². The molecule has 0 atom stereocenters. The van der Waals surface area contributed by atoms with E-state index in [0.29, 0.717) is 13.1 Å². The Balaban J connectivity index is 2.20. The predicted octanol–water partition coefficient (Wildman–Crippen LogP) is 0.919. The van der Waals surface area contributed by atoms with Crippen LogP contribution in [0, 0.1) is 6.92 Å². The number of nitrogens with zero attached hydrogens (tertiary/aromatic N) is 2. The first-order chi connectivity index (χ1) is 10.7. The maximum atomic E-state index is 12.5. The molecule has 9 heteroatoms. The number of carboxylic acids is 1. The van der Waals surface area contributed by atoms with E-state index >= 15 is 0 Å². The number of carboxylic acid groups (broad SMARTS) is 1. The van der Waals surface area contributed by atoms with Crippen molar-refractivity contribution >= 4 is 21.9 Å². The molecule has 1 amide bonds. The Morgan fingerprint density at radius 1 is 1.35 bits per heavy atom. The van der Waals surface area contributed by atoms with Crippen LogP contribution in [0.2, 0.25) is 0 Å². The van der Waals surface area contributed by atoms with Crippen molar-refractivity contribution in [3.05, 3.63) is 17.6 Å². The topological polar surface area (TPSA) is 108 Å². The fraction of sp³-hybridized carbons (Fsp3) is 0.571. The van der Waals surface area contributed by atoms with Crippen LogP contribution in [0.1, 0.15) is 35.6 Å². The average molecular weight is 344 g/mol. The number of sulfonamides is 1. The maximum absolute atomic E-state index is 12.5. The number of carbonyl (C=O) groups is 2. The Bertz CT molecular complexity index is 703. The van der Waals surface area contributed by atoms with Gasteiger partial charge < -0.3 is 14.4 Å². The van der Waals surface area contributed by atoms with Crippen molar-refractivity contribution < 1.29 is 27.5 Å². The summed E-state index contributed by atoms with van der Waals surface area (Å²) in [7, 11) is -2.22. The van der Waals surface area contributed by atoms with E-state index in [4.69, 9.17) is 9.52 Å². The molecule has 2 rings (SSSR count). The minimum atomic E-state index is -3.66. The van der Waals surface area contributed by atoms with Crippen LogP contribution in [-0.4, -0.2) is 61.3 Å². The Kier molecular flexibility index (Phi) is 5.10. The molecule has 1 aliphatic heterocycles. The molecule has 0 aromatic carbocycles. The van der Waals surface area contributed by atoms with Crippen LogP contribution in [0.25, 0.3) is 0 Å². The summed E-state index contributed by atoms with van der Waals surface area (Å²) in [6, 6.07) is 1.22. The second-order valence-electron chi connectivity index (χ2n) is 5.51. The highest BCUT2D eigenvalue weighted by Crippen LogP contribution is 2.26. The van der Waals surface area contributed by atoms with Gasteiger partial charge in [-0.1, -0.05) is 0 Å². The van der Waals surface area contributed by atoms with Crippen molar-refractivity contribution in [1.29, 1.82) is 0 Å². The number of aryl methyl sites for hydroxylation is 1. The molecule has 0 unspecified atom stereocenters. The molecule has 2 heterocycles. The second kappa shape index (κ2) is 6.71. The lowest BCUT2D eigenvalue weighted by Gasteiger charge is -2.14.